The van der Waals surface area contributed by atoms with Crippen molar-refractivity contribution >= 4 is 17.3 Å². The molecule has 0 atom stereocenters. The number of hydrogen-bond donors (Lipinski definition) is 1. The number of anilines is 1. The number of likely N-dealkylation sites (N-methyl/N-ethyl adjacent to an activating group) is 1. The molecule has 1 heterocycles. The summed E-state index contributed by atoms with van der Waals surface area (Å²) < 4.78 is 0. The lowest BCUT2D eigenvalue weighted by Gasteiger charge is -2.36. The van der Waals surface area contributed by atoms with E-state index in [9.17, 15) is 0 Å². The van der Waals surface area contributed by atoms with Crippen LogP contribution >= 0.6 is 11.6 Å². The number of hydrogen-bond acceptors (Lipinski definition) is 3. The minimum atomic E-state index is 0.828. The molecule has 20 heavy (non-hydrogen) atoms. The fourth-order valence-electron chi connectivity index (χ4n) is 2.71. The first kappa shape index (κ1) is 15.6. The second kappa shape index (κ2) is 7.87. The molecule has 0 radical (unpaired) electrons. The molecular weight excluding hydrogens is 270 g/mol. The zero-order valence-electron chi connectivity index (χ0n) is 12.7. The van der Waals surface area contributed by atoms with Crippen LogP contribution in [0.15, 0.2) is 18.2 Å². The molecule has 3 nitrogen and oxygen atoms in total. The molecule has 112 valence electrons. The summed E-state index contributed by atoms with van der Waals surface area (Å²) in [5.74, 6) is 0. The third-order valence-electron chi connectivity index (χ3n) is 3.94. The predicted molar refractivity (Wildman–Crippen MR) is 87.8 cm³/mol. The van der Waals surface area contributed by atoms with Crippen molar-refractivity contribution < 1.29 is 0 Å². The third kappa shape index (κ3) is 4.11. The van der Waals surface area contributed by atoms with Crippen LogP contribution in [0.1, 0.15) is 25.8 Å². The van der Waals surface area contributed by atoms with Gasteiger partial charge in [-0.2, -0.15) is 0 Å². The van der Waals surface area contributed by atoms with E-state index in [1.165, 1.54) is 11.3 Å². The molecule has 1 aromatic carbocycles. The number of piperazine rings is 1. The number of nitrogens with one attached hydrogen (secondary N) is 1. The average Bonchev–Trinajstić information content (AvgIpc) is 2.48. The lowest BCUT2D eigenvalue weighted by molar-refractivity contribution is 0.271. The zero-order chi connectivity index (χ0) is 14.4. The molecule has 1 fully saturated rings. The van der Waals surface area contributed by atoms with Gasteiger partial charge in [0.05, 0.1) is 0 Å². The van der Waals surface area contributed by atoms with Crippen LogP contribution in [0.2, 0.25) is 5.02 Å². The second-order valence-corrected chi connectivity index (χ2v) is 5.81. The van der Waals surface area contributed by atoms with E-state index >= 15 is 0 Å². The van der Waals surface area contributed by atoms with Crippen molar-refractivity contribution in [2.45, 2.75) is 26.8 Å². The Morgan fingerprint density at radius 3 is 2.55 bits per heavy atom. The third-order valence-corrected chi connectivity index (χ3v) is 4.18. The largest absolute Gasteiger partial charge is 0.369 e. The Kier molecular flexibility index (Phi) is 6.14. The van der Waals surface area contributed by atoms with Crippen molar-refractivity contribution in [2.24, 2.45) is 0 Å². The van der Waals surface area contributed by atoms with Crippen LogP contribution in [-0.2, 0) is 6.54 Å². The summed E-state index contributed by atoms with van der Waals surface area (Å²) in [6, 6.07) is 6.28. The van der Waals surface area contributed by atoms with E-state index in [0.29, 0.717) is 0 Å². The molecule has 0 spiro atoms. The minimum Gasteiger partial charge on any atom is -0.369 e. The summed E-state index contributed by atoms with van der Waals surface area (Å²) in [4.78, 5) is 4.99. The SMILES string of the molecule is CCCNCc1cc(Cl)ccc1N1CCN(CC)CC1. The van der Waals surface area contributed by atoms with Gasteiger partial charge in [-0.15, -0.1) is 0 Å². The van der Waals surface area contributed by atoms with Crippen molar-refractivity contribution in [1.82, 2.24) is 10.2 Å². The van der Waals surface area contributed by atoms with E-state index in [0.717, 1.165) is 57.3 Å². The molecule has 0 unspecified atom stereocenters. The van der Waals surface area contributed by atoms with Gasteiger partial charge in [-0.05, 0) is 43.3 Å². The topological polar surface area (TPSA) is 18.5 Å². The highest BCUT2D eigenvalue weighted by Crippen LogP contribution is 2.25. The highest BCUT2D eigenvalue weighted by molar-refractivity contribution is 6.30. The molecule has 1 aliphatic heterocycles. The maximum atomic E-state index is 6.16. The van der Waals surface area contributed by atoms with E-state index in [4.69, 9.17) is 11.6 Å². The van der Waals surface area contributed by atoms with Crippen molar-refractivity contribution in [3.63, 3.8) is 0 Å². The summed E-state index contributed by atoms with van der Waals surface area (Å²) in [5, 5.41) is 4.31. The average molecular weight is 296 g/mol. The Morgan fingerprint density at radius 2 is 1.90 bits per heavy atom. The van der Waals surface area contributed by atoms with Crippen LogP contribution in [0.25, 0.3) is 0 Å². The lowest BCUT2D eigenvalue weighted by atomic mass is 10.1. The van der Waals surface area contributed by atoms with E-state index in [2.05, 4.69) is 41.1 Å². The Labute approximate surface area is 127 Å². The molecule has 0 aromatic heterocycles. The van der Waals surface area contributed by atoms with Crippen molar-refractivity contribution in [2.75, 3.05) is 44.2 Å². The van der Waals surface area contributed by atoms with Gasteiger partial charge >= 0.3 is 0 Å². The van der Waals surface area contributed by atoms with Crippen molar-refractivity contribution in [1.29, 1.82) is 0 Å². The first-order valence-corrected chi connectivity index (χ1v) is 8.08. The van der Waals surface area contributed by atoms with E-state index < -0.39 is 0 Å². The fourth-order valence-corrected chi connectivity index (χ4v) is 2.90. The van der Waals surface area contributed by atoms with Gasteiger partial charge < -0.3 is 15.1 Å². The molecule has 0 bridgehead atoms. The molecular formula is C16H26ClN3. The summed E-state index contributed by atoms with van der Waals surface area (Å²) in [7, 11) is 0. The highest BCUT2D eigenvalue weighted by Gasteiger charge is 2.18. The normalized spacial score (nSPS) is 16.6. The molecule has 1 aromatic rings. The van der Waals surface area contributed by atoms with Gasteiger partial charge in [-0.25, -0.2) is 0 Å². The molecule has 0 aliphatic carbocycles. The van der Waals surface area contributed by atoms with Gasteiger partial charge in [0.1, 0.15) is 0 Å². The Hall–Kier alpha value is -0.770. The van der Waals surface area contributed by atoms with Gasteiger partial charge in [-0.1, -0.05) is 25.4 Å². The summed E-state index contributed by atoms with van der Waals surface area (Å²) >= 11 is 6.16. The number of nitrogens with zero attached hydrogens (tertiary/aromatic N) is 2. The molecule has 0 saturated carbocycles. The number of halogens is 1. The smallest absolute Gasteiger partial charge is 0.0413 e. The summed E-state index contributed by atoms with van der Waals surface area (Å²) in [6.45, 7) is 12.1. The van der Waals surface area contributed by atoms with Crippen molar-refractivity contribution in [3.05, 3.63) is 28.8 Å². The first-order chi connectivity index (χ1) is 9.74. The van der Waals surface area contributed by atoms with Crippen LogP contribution in [0.3, 0.4) is 0 Å². The number of benzene rings is 1. The number of rotatable bonds is 6. The molecule has 0 amide bonds. The molecule has 2 rings (SSSR count). The second-order valence-electron chi connectivity index (χ2n) is 5.37. The predicted octanol–water partition coefficient (Wildman–Crippen LogP) is 2.98. The Bertz CT molecular complexity index is 414. The molecule has 4 heteroatoms. The quantitative estimate of drug-likeness (QED) is 0.814. The summed E-state index contributed by atoms with van der Waals surface area (Å²) in [6.07, 6.45) is 1.16. The van der Waals surface area contributed by atoms with Gasteiger partial charge in [0.15, 0.2) is 0 Å². The Balaban J connectivity index is 2.06. The minimum absolute atomic E-state index is 0.828. The van der Waals surface area contributed by atoms with Gasteiger partial charge in [0, 0.05) is 43.4 Å². The van der Waals surface area contributed by atoms with Gasteiger partial charge in [0.2, 0.25) is 0 Å². The van der Waals surface area contributed by atoms with E-state index in [-0.39, 0.29) is 0 Å². The monoisotopic (exact) mass is 295 g/mol. The summed E-state index contributed by atoms with van der Waals surface area (Å²) in [5.41, 5.74) is 2.66. The first-order valence-electron chi connectivity index (χ1n) is 7.71. The van der Waals surface area contributed by atoms with Crippen LogP contribution in [0.4, 0.5) is 5.69 Å². The van der Waals surface area contributed by atoms with Crippen LogP contribution in [0.5, 0.6) is 0 Å². The van der Waals surface area contributed by atoms with E-state index in [1.807, 2.05) is 6.07 Å². The fraction of sp³-hybridized carbons (Fsp3) is 0.625. The molecule has 1 saturated heterocycles. The van der Waals surface area contributed by atoms with Crippen LogP contribution in [0, 0.1) is 0 Å². The Morgan fingerprint density at radius 1 is 1.15 bits per heavy atom. The van der Waals surface area contributed by atoms with Gasteiger partial charge in [0.25, 0.3) is 0 Å². The van der Waals surface area contributed by atoms with Crippen molar-refractivity contribution in [3.8, 4) is 0 Å². The van der Waals surface area contributed by atoms with Crippen LogP contribution < -0.4 is 10.2 Å². The van der Waals surface area contributed by atoms with Gasteiger partial charge in [-0.3, -0.25) is 0 Å². The lowest BCUT2D eigenvalue weighted by Crippen LogP contribution is -2.46. The molecule has 1 N–H and O–H groups in total. The standard InChI is InChI=1S/C16H26ClN3/c1-3-7-18-13-14-12-15(17)5-6-16(14)20-10-8-19(4-2)9-11-20/h5-6,12,18H,3-4,7-11,13H2,1-2H3. The van der Waals surface area contributed by atoms with Crippen LogP contribution in [-0.4, -0.2) is 44.2 Å². The maximum Gasteiger partial charge on any atom is 0.0413 e. The zero-order valence-corrected chi connectivity index (χ0v) is 13.4. The highest BCUT2D eigenvalue weighted by atomic mass is 35.5. The van der Waals surface area contributed by atoms with E-state index in [1.54, 1.807) is 0 Å². The molecule has 1 aliphatic rings. The maximum absolute atomic E-state index is 6.16.